The lowest BCUT2D eigenvalue weighted by Crippen LogP contribution is -2.42. The van der Waals surface area contributed by atoms with Crippen LogP contribution in [0.5, 0.6) is 5.75 Å². The van der Waals surface area contributed by atoms with Crippen molar-refractivity contribution in [2.45, 2.75) is 12.6 Å². The monoisotopic (exact) mass is 455 g/mol. The maximum absolute atomic E-state index is 13.0. The molecule has 1 aromatic heterocycles. The number of nitrogens with zero attached hydrogens (tertiary/aromatic N) is 3. The summed E-state index contributed by atoms with van der Waals surface area (Å²) >= 11 is 0. The predicted octanol–water partition coefficient (Wildman–Crippen LogP) is 2.78. The highest BCUT2D eigenvalue weighted by molar-refractivity contribution is 5.98. The van der Waals surface area contributed by atoms with Crippen LogP contribution in [0.25, 0.3) is 11.1 Å². The molecule has 1 aliphatic rings. The second-order valence-corrected chi connectivity index (χ2v) is 7.69. The molecule has 0 bridgehead atoms. The molecule has 170 valence electrons. The summed E-state index contributed by atoms with van der Waals surface area (Å²) in [5.41, 5.74) is 4.28. The van der Waals surface area contributed by atoms with E-state index in [9.17, 15) is 14.4 Å². The molecule has 0 unspecified atom stereocenters. The van der Waals surface area contributed by atoms with Crippen molar-refractivity contribution >= 4 is 18.3 Å². The first-order valence-corrected chi connectivity index (χ1v) is 10.4. The average molecular weight is 455 g/mol. The van der Waals surface area contributed by atoms with Crippen molar-refractivity contribution in [1.82, 2.24) is 20.5 Å². The number of nitriles is 1. The fourth-order valence-electron chi connectivity index (χ4n) is 3.89. The van der Waals surface area contributed by atoms with Gasteiger partial charge in [0.25, 0.3) is 5.91 Å². The highest BCUT2D eigenvalue weighted by Crippen LogP contribution is 2.29. The van der Waals surface area contributed by atoms with Gasteiger partial charge in [0.1, 0.15) is 11.8 Å². The highest BCUT2D eigenvalue weighted by atomic mass is 16.5. The Morgan fingerprint density at radius 1 is 1.21 bits per heavy atom. The number of carbonyl (C=O) groups is 3. The van der Waals surface area contributed by atoms with E-state index in [1.807, 2.05) is 30.3 Å². The average Bonchev–Trinajstić information content (AvgIpc) is 3.18. The first-order valence-electron chi connectivity index (χ1n) is 10.4. The van der Waals surface area contributed by atoms with Gasteiger partial charge in [-0.25, -0.2) is 4.79 Å². The molecule has 4 rings (SSSR count). The van der Waals surface area contributed by atoms with Crippen LogP contribution in [-0.2, 0) is 11.3 Å². The molecular weight excluding hydrogens is 434 g/mol. The summed E-state index contributed by atoms with van der Waals surface area (Å²) in [4.78, 5) is 41.6. The van der Waals surface area contributed by atoms with Crippen molar-refractivity contribution in [3.63, 3.8) is 0 Å². The number of hydrogen-bond donors (Lipinski definition) is 2. The van der Waals surface area contributed by atoms with Crippen molar-refractivity contribution in [1.29, 1.82) is 5.26 Å². The number of pyridine rings is 1. The molecule has 1 aliphatic heterocycles. The second-order valence-electron chi connectivity index (χ2n) is 7.69. The lowest BCUT2D eigenvalue weighted by molar-refractivity contribution is -0.108. The van der Waals surface area contributed by atoms with Crippen LogP contribution in [0.4, 0.5) is 4.79 Å². The lowest BCUT2D eigenvalue weighted by Gasteiger charge is -2.25. The third-order valence-corrected chi connectivity index (χ3v) is 5.61. The number of rotatable bonds is 7. The first kappa shape index (κ1) is 22.5. The van der Waals surface area contributed by atoms with Crippen LogP contribution in [0.1, 0.15) is 33.1 Å². The van der Waals surface area contributed by atoms with Gasteiger partial charge in [0.05, 0.1) is 18.7 Å². The quantitative estimate of drug-likeness (QED) is 0.528. The lowest BCUT2D eigenvalue weighted by atomic mass is 10.0. The summed E-state index contributed by atoms with van der Waals surface area (Å²) in [7, 11) is 1.54. The Hall–Kier alpha value is -4.71. The minimum Gasteiger partial charge on any atom is -0.497 e. The molecule has 9 heteroatoms. The summed E-state index contributed by atoms with van der Waals surface area (Å²) in [5.74, 6) is 0.437. The SMILES string of the molecule is COc1ccc2c(c1)C(=O)N(C[C@H](NC(=O)NC=O)c1ccc(-c3cncc(C#N)c3)cc1)C2. The van der Waals surface area contributed by atoms with Crippen LogP contribution in [0.15, 0.2) is 60.9 Å². The van der Waals surface area contributed by atoms with Gasteiger partial charge in [0, 0.05) is 36.6 Å². The number of fused-ring (bicyclic) bond motifs is 1. The Morgan fingerprint density at radius 2 is 2.00 bits per heavy atom. The highest BCUT2D eigenvalue weighted by Gasteiger charge is 2.30. The zero-order chi connectivity index (χ0) is 24.1. The van der Waals surface area contributed by atoms with Gasteiger partial charge in [0.2, 0.25) is 6.41 Å². The van der Waals surface area contributed by atoms with Crippen molar-refractivity contribution in [2.75, 3.05) is 13.7 Å². The van der Waals surface area contributed by atoms with Crippen molar-refractivity contribution in [3.8, 4) is 22.9 Å². The Kier molecular flexibility index (Phi) is 6.50. The first-order chi connectivity index (χ1) is 16.5. The van der Waals surface area contributed by atoms with Crippen LogP contribution in [0.2, 0.25) is 0 Å². The summed E-state index contributed by atoms with van der Waals surface area (Å²) in [6.45, 7) is 0.600. The van der Waals surface area contributed by atoms with E-state index in [0.717, 1.165) is 22.3 Å². The van der Waals surface area contributed by atoms with Crippen molar-refractivity contribution in [2.24, 2.45) is 0 Å². The van der Waals surface area contributed by atoms with Gasteiger partial charge in [-0.15, -0.1) is 0 Å². The Bertz CT molecular complexity index is 1280. The normalized spacial score (nSPS) is 12.9. The zero-order valence-corrected chi connectivity index (χ0v) is 18.3. The molecule has 2 heterocycles. The van der Waals surface area contributed by atoms with E-state index in [1.54, 1.807) is 36.4 Å². The Balaban J connectivity index is 1.58. The van der Waals surface area contributed by atoms with Gasteiger partial charge < -0.3 is 15.0 Å². The molecule has 0 aliphatic carbocycles. The van der Waals surface area contributed by atoms with E-state index in [4.69, 9.17) is 10.00 Å². The topological polar surface area (TPSA) is 124 Å². The van der Waals surface area contributed by atoms with Crippen LogP contribution < -0.4 is 15.4 Å². The van der Waals surface area contributed by atoms with Crippen LogP contribution in [-0.4, -0.2) is 41.9 Å². The molecule has 9 nitrogen and oxygen atoms in total. The number of hydrogen-bond acceptors (Lipinski definition) is 6. The molecule has 0 saturated carbocycles. The smallest absolute Gasteiger partial charge is 0.321 e. The fraction of sp³-hybridized carbons (Fsp3) is 0.160. The number of ether oxygens (including phenoxy) is 1. The number of urea groups is 1. The molecule has 1 atom stereocenters. The van der Waals surface area contributed by atoms with E-state index < -0.39 is 12.1 Å². The number of nitrogens with one attached hydrogen (secondary N) is 2. The molecule has 3 aromatic rings. The molecular formula is C25H21N5O4. The minimum atomic E-state index is -0.666. The molecule has 4 amide bonds. The van der Waals surface area contributed by atoms with Gasteiger partial charge in [-0.05, 0) is 34.9 Å². The van der Waals surface area contributed by atoms with Gasteiger partial charge in [-0.2, -0.15) is 5.26 Å². The summed E-state index contributed by atoms with van der Waals surface area (Å²) in [5, 5.41) is 13.9. The molecule has 0 spiro atoms. The van der Waals surface area contributed by atoms with Gasteiger partial charge >= 0.3 is 6.03 Å². The van der Waals surface area contributed by atoms with Crippen molar-refractivity contribution < 1.29 is 19.1 Å². The number of benzene rings is 2. The van der Waals surface area contributed by atoms with Crippen LogP contribution >= 0.6 is 0 Å². The fourth-order valence-corrected chi connectivity index (χ4v) is 3.89. The number of aromatic nitrogens is 1. The van der Waals surface area contributed by atoms with Crippen molar-refractivity contribution in [3.05, 3.63) is 83.2 Å². The zero-order valence-electron chi connectivity index (χ0n) is 18.3. The maximum atomic E-state index is 13.0. The molecule has 2 aromatic carbocycles. The number of imide groups is 1. The summed E-state index contributed by atoms with van der Waals surface area (Å²) in [6.07, 6.45) is 3.45. The molecule has 2 N–H and O–H groups in total. The van der Waals surface area contributed by atoms with Crippen LogP contribution in [0, 0.1) is 11.3 Å². The molecule has 34 heavy (non-hydrogen) atoms. The van der Waals surface area contributed by atoms with Gasteiger partial charge in [-0.1, -0.05) is 30.3 Å². The summed E-state index contributed by atoms with van der Waals surface area (Å²) < 4.78 is 5.22. The van der Waals surface area contributed by atoms with E-state index in [0.29, 0.717) is 29.8 Å². The van der Waals surface area contributed by atoms with Gasteiger partial charge in [0.15, 0.2) is 0 Å². The van der Waals surface area contributed by atoms with E-state index >= 15 is 0 Å². The predicted molar refractivity (Wildman–Crippen MR) is 123 cm³/mol. The largest absolute Gasteiger partial charge is 0.497 e. The minimum absolute atomic E-state index is 0.160. The van der Waals surface area contributed by atoms with E-state index in [-0.39, 0.29) is 12.5 Å². The van der Waals surface area contributed by atoms with Gasteiger partial charge in [-0.3, -0.25) is 19.9 Å². The van der Waals surface area contributed by atoms with E-state index in [1.165, 1.54) is 6.20 Å². The Labute approximate surface area is 196 Å². The number of carbonyl (C=O) groups excluding carboxylic acids is 3. The Morgan fingerprint density at radius 3 is 2.71 bits per heavy atom. The van der Waals surface area contributed by atoms with E-state index in [2.05, 4.69) is 21.7 Å². The summed E-state index contributed by atoms with van der Waals surface area (Å²) in [6, 6.07) is 15.3. The number of amides is 4. The standard InChI is InChI=1S/C25H21N5O4/c1-34-21-7-6-19-13-30(24(32)22(19)9-21)14-23(29-25(33)28-15-31)18-4-2-17(3-5-18)20-8-16(10-26)11-27-12-20/h2-9,11-12,15,23H,13-14H2,1H3,(H2,28,29,31,33)/t23-/m0/s1. The third-order valence-electron chi connectivity index (χ3n) is 5.61. The maximum Gasteiger partial charge on any atom is 0.321 e. The molecule has 0 fully saturated rings. The molecule has 0 radical (unpaired) electrons. The number of methoxy groups -OCH3 is 1. The van der Waals surface area contributed by atoms with Crippen LogP contribution in [0.3, 0.4) is 0 Å². The second kappa shape index (κ2) is 9.83. The molecule has 0 saturated heterocycles. The third kappa shape index (κ3) is 4.71.